The van der Waals surface area contributed by atoms with Crippen molar-refractivity contribution in [2.75, 3.05) is 0 Å². The molecule has 2 N–H and O–H groups in total. The Kier molecular flexibility index (Phi) is 5.40. The van der Waals surface area contributed by atoms with Gasteiger partial charge in [-0.3, -0.25) is 14.9 Å². The van der Waals surface area contributed by atoms with Crippen LogP contribution in [0.15, 0.2) is 4.74 Å². The van der Waals surface area contributed by atoms with E-state index in [0.29, 0.717) is 0 Å². The fourth-order valence-corrected chi connectivity index (χ4v) is 6.95. The molecule has 0 bridgehead atoms. The highest BCUT2D eigenvalue weighted by molar-refractivity contribution is 8.47. The monoisotopic (exact) mass is 279 g/mol. The van der Waals surface area contributed by atoms with Crippen molar-refractivity contribution in [3.8, 4) is 0 Å². The zero-order valence-electron chi connectivity index (χ0n) is 12.8. The van der Waals surface area contributed by atoms with Gasteiger partial charge >= 0.3 is 0 Å². The molecule has 0 aliphatic carbocycles. The van der Waals surface area contributed by atoms with Crippen molar-refractivity contribution in [1.29, 1.82) is 0 Å². The van der Waals surface area contributed by atoms with Crippen LogP contribution in [0.5, 0.6) is 0 Å². The third-order valence-corrected chi connectivity index (χ3v) is 5.15. The average molecular weight is 279 g/mol. The third kappa shape index (κ3) is 10.1. The average Bonchev–Trinajstić information content (AvgIpc) is 1.65. The van der Waals surface area contributed by atoms with E-state index in [1.54, 1.807) is 0 Å². The summed E-state index contributed by atoms with van der Waals surface area (Å²) < 4.78 is 4.86. The Labute approximate surface area is 113 Å². The van der Waals surface area contributed by atoms with Crippen LogP contribution in [-0.2, 0) is 0 Å². The molecule has 0 spiro atoms. The van der Waals surface area contributed by atoms with Gasteiger partial charge in [0, 0.05) is 11.1 Å². The lowest BCUT2D eigenvalue weighted by Gasteiger charge is -2.37. The smallest absolute Gasteiger partial charge is 0.146 e. The van der Waals surface area contributed by atoms with Crippen molar-refractivity contribution in [2.45, 2.75) is 78.9 Å². The van der Waals surface area contributed by atoms with E-state index in [-0.39, 0.29) is 16.6 Å². The van der Waals surface area contributed by atoms with Gasteiger partial charge in [0.2, 0.25) is 0 Å². The second-order valence-corrected chi connectivity index (χ2v) is 11.2. The molecular weight excluding hydrogens is 249 g/mol. The second kappa shape index (κ2) is 5.24. The van der Waals surface area contributed by atoms with Gasteiger partial charge in [0.25, 0.3) is 0 Å². The summed E-state index contributed by atoms with van der Waals surface area (Å²) in [6, 6.07) is 0. The fraction of sp³-hybridized carbons (Fsp3) is 1.00. The summed E-state index contributed by atoms with van der Waals surface area (Å²) >= 11 is 4.82. The van der Waals surface area contributed by atoms with E-state index in [1.165, 1.54) is 0 Å². The summed E-state index contributed by atoms with van der Waals surface area (Å²) in [6.45, 7) is 17.1. The van der Waals surface area contributed by atoms with Gasteiger partial charge < -0.3 is 0 Å². The van der Waals surface area contributed by atoms with Gasteiger partial charge in [0.05, 0.1) is 5.54 Å². The van der Waals surface area contributed by atoms with Crippen molar-refractivity contribution in [2.24, 2.45) is 4.74 Å². The Morgan fingerprint density at radius 2 is 1.06 bits per heavy atom. The normalized spacial score (nSPS) is 14.9. The summed E-state index contributed by atoms with van der Waals surface area (Å²) in [5.74, 6) is 0. The number of nitrogens with one attached hydrogen (secondary N) is 2. The van der Waals surface area contributed by atoms with Crippen LogP contribution in [0.2, 0.25) is 0 Å². The van der Waals surface area contributed by atoms with Gasteiger partial charge in [0.1, 0.15) is 6.56 Å². The highest BCUT2D eigenvalue weighted by Crippen LogP contribution is 2.51. The molecule has 0 radical (unpaired) electrons. The van der Waals surface area contributed by atoms with E-state index in [2.05, 4.69) is 72.5 Å². The van der Waals surface area contributed by atoms with Crippen molar-refractivity contribution in [3.05, 3.63) is 0 Å². The maximum absolute atomic E-state index is 4.86. The standard InChI is InChI=1S/C12H30N3PS/c1-10(2,3)13-16(17,14-11(4,5)6)15-12(7,8)9/h13-14,17H,1-9H3. The van der Waals surface area contributed by atoms with E-state index in [1.807, 2.05) is 0 Å². The SMILES string of the molecule is CC(C)(C)N=P(S)(NC(C)(C)C)NC(C)(C)C. The van der Waals surface area contributed by atoms with Crippen LogP contribution in [-0.4, -0.2) is 16.6 Å². The molecule has 0 heterocycles. The van der Waals surface area contributed by atoms with E-state index < -0.39 is 6.56 Å². The molecule has 0 saturated heterocycles. The number of rotatable bonds is 2. The lowest BCUT2D eigenvalue weighted by molar-refractivity contribution is 0.489. The first-order chi connectivity index (χ1) is 7.12. The van der Waals surface area contributed by atoms with Gasteiger partial charge in [0.15, 0.2) is 0 Å². The minimum atomic E-state index is -2.01. The van der Waals surface area contributed by atoms with Crippen molar-refractivity contribution in [1.82, 2.24) is 10.2 Å². The predicted molar refractivity (Wildman–Crippen MR) is 83.9 cm³/mol. The van der Waals surface area contributed by atoms with Gasteiger partial charge in [-0.2, -0.15) is 0 Å². The summed E-state index contributed by atoms with van der Waals surface area (Å²) in [4.78, 5) is 0. The Bertz CT molecular complexity index is 285. The Balaban J connectivity index is 5.31. The first-order valence-corrected chi connectivity index (χ1v) is 8.97. The Hall–Kier alpha value is 0.500. The molecule has 0 aliphatic heterocycles. The van der Waals surface area contributed by atoms with Gasteiger partial charge in [-0.1, -0.05) is 0 Å². The molecule has 0 aromatic heterocycles. The molecule has 0 unspecified atom stereocenters. The van der Waals surface area contributed by atoms with Crippen molar-refractivity contribution >= 4 is 18.8 Å². The number of nitrogens with zero attached hydrogens (tertiary/aromatic N) is 1. The molecule has 0 aromatic carbocycles. The predicted octanol–water partition coefficient (Wildman–Crippen LogP) is 4.44. The third-order valence-electron chi connectivity index (χ3n) is 1.43. The summed E-state index contributed by atoms with van der Waals surface area (Å²) in [6.07, 6.45) is 0. The number of thiol groups is 1. The summed E-state index contributed by atoms with van der Waals surface area (Å²) in [5.41, 5.74) is -0.128. The highest BCUT2D eigenvalue weighted by atomic mass is 32.7. The molecule has 0 atom stereocenters. The molecule has 17 heavy (non-hydrogen) atoms. The summed E-state index contributed by atoms with van der Waals surface area (Å²) in [5, 5.41) is 7.09. The van der Waals surface area contributed by atoms with E-state index >= 15 is 0 Å². The van der Waals surface area contributed by atoms with Crippen LogP contribution < -0.4 is 10.2 Å². The van der Waals surface area contributed by atoms with E-state index in [9.17, 15) is 0 Å². The van der Waals surface area contributed by atoms with Gasteiger partial charge in [-0.05, 0) is 62.3 Å². The molecule has 5 heteroatoms. The van der Waals surface area contributed by atoms with E-state index in [4.69, 9.17) is 17.0 Å². The number of hydrogen-bond donors (Lipinski definition) is 3. The fourth-order valence-electron chi connectivity index (χ4n) is 1.45. The molecule has 104 valence electrons. The molecule has 0 aromatic rings. The Morgan fingerprint density at radius 1 is 0.765 bits per heavy atom. The van der Waals surface area contributed by atoms with E-state index in [0.717, 1.165) is 0 Å². The second-order valence-electron chi connectivity index (χ2n) is 7.60. The topological polar surface area (TPSA) is 36.4 Å². The molecule has 0 aliphatic rings. The molecule has 3 nitrogen and oxygen atoms in total. The lowest BCUT2D eigenvalue weighted by atomic mass is 10.1. The quantitative estimate of drug-likeness (QED) is 0.516. The maximum atomic E-state index is 4.86. The van der Waals surface area contributed by atoms with Crippen molar-refractivity contribution < 1.29 is 0 Å². The maximum Gasteiger partial charge on any atom is 0.146 e. The Morgan fingerprint density at radius 3 is 1.24 bits per heavy atom. The zero-order chi connectivity index (χ0) is 14.1. The summed E-state index contributed by atoms with van der Waals surface area (Å²) in [7, 11) is 0. The van der Waals surface area contributed by atoms with Crippen LogP contribution in [0.3, 0.4) is 0 Å². The van der Waals surface area contributed by atoms with Crippen LogP contribution >= 0.6 is 18.8 Å². The molecule has 0 fully saturated rings. The van der Waals surface area contributed by atoms with Crippen LogP contribution in [0.4, 0.5) is 0 Å². The molecule has 0 rings (SSSR count). The van der Waals surface area contributed by atoms with Crippen LogP contribution in [0.1, 0.15) is 62.3 Å². The molecule has 0 amide bonds. The minimum Gasteiger partial charge on any atom is -0.259 e. The minimum absolute atomic E-state index is 0.0114. The number of hydrogen-bond acceptors (Lipinski definition) is 1. The first-order valence-electron chi connectivity index (χ1n) is 6.07. The van der Waals surface area contributed by atoms with Crippen LogP contribution in [0, 0.1) is 0 Å². The lowest BCUT2D eigenvalue weighted by Crippen LogP contribution is -2.42. The highest BCUT2D eigenvalue weighted by Gasteiger charge is 2.28. The largest absolute Gasteiger partial charge is 0.259 e. The molecular formula is C12H30N3PS. The molecule has 0 saturated carbocycles. The first kappa shape index (κ1) is 17.5. The van der Waals surface area contributed by atoms with Crippen LogP contribution in [0.25, 0.3) is 0 Å². The zero-order valence-corrected chi connectivity index (χ0v) is 14.6. The van der Waals surface area contributed by atoms with Gasteiger partial charge in [-0.25, -0.2) is 0 Å². The van der Waals surface area contributed by atoms with Crippen molar-refractivity contribution in [3.63, 3.8) is 0 Å². The van der Waals surface area contributed by atoms with Gasteiger partial charge in [-0.15, -0.1) is 12.2 Å².